The van der Waals surface area contributed by atoms with E-state index in [4.69, 9.17) is 0 Å². The molecule has 0 bridgehead atoms. The topological polar surface area (TPSA) is 40.5 Å². The van der Waals surface area contributed by atoms with Gasteiger partial charge in [-0.3, -0.25) is 9.69 Å². The Balaban J connectivity index is 0.00000289. The van der Waals surface area contributed by atoms with Crippen LogP contribution in [0.2, 0.25) is 0 Å². The molecule has 3 nitrogen and oxygen atoms in total. The van der Waals surface area contributed by atoms with Crippen molar-refractivity contribution in [2.75, 3.05) is 10.7 Å². The number of amides is 1. The van der Waals surface area contributed by atoms with E-state index >= 15 is 0 Å². The van der Waals surface area contributed by atoms with Crippen LogP contribution in [0, 0.1) is 12.8 Å². The number of benzene rings is 2. The summed E-state index contributed by atoms with van der Waals surface area (Å²) in [7, 11) is 0. The van der Waals surface area contributed by atoms with Crippen LogP contribution < -0.4 is 4.90 Å². The van der Waals surface area contributed by atoms with Crippen molar-refractivity contribution < 1.29 is 42.6 Å². The number of rotatable bonds is 8. The first-order valence-electron chi connectivity index (χ1n) is 11.7. The first-order chi connectivity index (χ1) is 15.1. The van der Waals surface area contributed by atoms with Crippen LogP contribution in [0.5, 0.6) is 0 Å². The molecule has 1 N–H and O–H groups in total. The zero-order valence-corrected chi connectivity index (χ0v) is 22.6. The summed E-state index contributed by atoms with van der Waals surface area (Å²) in [4.78, 5) is 14.6. The Morgan fingerprint density at radius 3 is 2.31 bits per heavy atom. The van der Waals surface area contributed by atoms with Crippen LogP contribution in [0.25, 0.3) is 0 Å². The van der Waals surface area contributed by atoms with Crippen molar-refractivity contribution in [1.29, 1.82) is 0 Å². The predicted molar refractivity (Wildman–Crippen MR) is 130 cm³/mol. The molecule has 5 heteroatoms. The number of aliphatic hydroxyl groups is 1. The maximum atomic E-state index is 12.6. The zero-order chi connectivity index (χ0) is 21.6. The zero-order valence-electron chi connectivity index (χ0n) is 18.9. The number of carbonyl (C=O) groups excluding carboxylic acids is 1. The van der Waals surface area contributed by atoms with Gasteiger partial charge in [0, 0.05) is 38.4 Å². The van der Waals surface area contributed by atoms with Gasteiger partial charge in [0.05, 0.1) is 17.2 Å². The van der Waals surface area contributed by atoms with E-state index in [9.17, 15) is 9.90 Å². The van der Waals surface area contributed by atoms with Crippen molar-refractivity contribution in [3.05, 3.63) is 72.1 Å². The molecule has 169 valence electrons. The smallest absolute Gasteiger partial charge is 0.238 e. The molecule has 1 aliphatic carbocycles. The molecule has 2 unspecified atom stereocenters. The van der Waals surface area contributed by atoms with E-state index in [0.717, 1.165) is 36.9 Å². The third kappa shape index (κ3) is 6.68. The second kappa shape index (κ2) is 12.7. The number of carbonyl (C=O) groups is 1. The molecule has 2 fully saturated rings. The molecule has 1 amide bonds. The summed E-state index contributed by atoms with van der Waals surface area (Å²) >= 11 is 1.73. The van der Waals surface area contributed by atoms with E-state index in [2.05, 4.69) is 31.2 Å². The van der Waals surface area contributed by atoms with E-state index in [1.165, 1.54) is 43.2 Å². The summed E-state index contributed by atoms with van der Waals surface area (Å²) in [6.07, 6.45) is 9.58. The van der Waals surface area contributed by atoms with Crippen LogP contribution in [0.1, 0.15) is 67.7 Å². The van der Waals surface area contributed by atoms with Gasteiger partial charge in [0.25, 0.3) is 0 Å². The normalized spacial score (nSPS) is 20.2. The largest absolute Gasteiger partial charge is 0.388 e. The quantitative estimate of drug-likeness (QED) is 0.424. The SMILES string of the molecule is [CH2-]Cc1ccc(CCC2SCC(=O)N2c2ccc(C(O)CC3CCCCC3)cc2)cc1.[Y]. The second-order valence-electron chi connectivity index (χ2n) is 8.98. The van der Waals surface area contributed by atoms with Gasteiger partial charge in [0.15, 0.2) is 0 Å². The number of nitrogens with zero attached hydrogens (tertiary/aromatic N) is 1. The fraction of sp³-hybridized carbons (Fsp3) is 0.481. The summed E-state index contributed by atoms with van der Waals surface area (Å²) in [6, 6.07) is 16.7. The molecule has 4 rings (SSSR count). The van der Waals surface area contributed by atoms with Crippen molar-refractivity contribution in [2.24, 2.45) is 5.92 Å². The van der Waals surface area contributed by atoms with Gasteiger partial charge in [-0.1, -0.05) is 74.1 Å². The van der Waals surface area contributed by atoms with Crippen molar-refractivity contribution in [2.45, 2.75) is 69.3 Å². The first kappa shape index (κ1) is 25.9. The van der Waals surface area contributed by atoms with Gasteiger partial charge in [-0.15, -0.1) is 11.8 Å². The Bertz CT molecular complexity index is 849. The van der Waals surface area contributed by atoms with Crippen LogP contribution >= 0.6 is 11.8 Å². The van der Waals surface area contributed by atoms with Crippen molar-refractivity contribution in [3.8, 4) is 0 Å². The molecule has 1 aliphatic heterocycles. The molecular weight excluding hydrogens is 491 g/mol. The molecule has 2 aliphatic rings. The minimum absolute atomic E-state index is 0. The van der Waals surface area contributed by atoms with E-state index in [1.807, 2.05) is 29.2 Å². The average molecular weight is 526 g/mol. The molecule has 2 aromatic carbocycles. The fourth-order valence-electron chi connectivity index (χ4n) is 4.89. The average Bonchev–Trinajstić information content (AvgIpc) is 3.19. The third-order valence-electron chi connectivity index (χ3n) is 6.78. The van der Waals surface area contributed by atoms with E-state index < -0.39 is 6.10 Å². The van der Waals surface area contributed by atoms with Crippen LogP contribution in [0.3, 0.4) is 0 Å². The monoisotopic (exact) mass is 525 g/mol. The van der Waals surface area contributed by atoms with Crippen LogP contribution in [0.15, 0.2) is 48.5 Å². The molecule has 0 spiro atoms. The molecule has 1 heterocycles. The molecule has 2 atom stereocenters. The fourth-order valence-corrected chi connectivity index (χ4v) is 6.04. The van der Waals surface area contributed by atoms with Crippen molar-refractivity contribution >= 4 is 23.4 Å². The molecule has 1 saturated carbocycles. The Kier molecular flexibility index (Phi) is 10.3. The van der Waals surface area contributed by atoms with Crippen molar-refractivity contribution in [1.82, 2.24) is 0 Å². The number of aryl methyl sites for hydroxylation is 1. The molecule has 1 radical (unpaired) electrons. The third-order valence-corrected chi connectivity index (χ3v) is 8.03. The van der Waals surface area contributed by atoms with Gasteiger partial charge in [-0.05, 0) is 48.4 Å². The van der Waals surface area contributed by atoms with E-state index in [-0.39, 0.29) is 44.0 Å². The predicted octanol–water partition coefficient (Wildman–Crippen LogP) is 6.10. The standard InChI is InChI=1S/C27H34NO2S.Y/c1-2-20-8-10-21(11-9-20)12-17-27-28(26(30)19-31-27)24-15-13-23(14-16-24)25(29)18-22-6-4-3-5-7-22;/h8-11,13-16,22,25,27,29H,1-7,12,17-19H2;/q-1;. The Morgan fingerprint density at radius 1 is 1.00 bits per heavy atom. The molecule has 1 saturated heterocycles. The molecule has 32 heavy (non-hydrogen) atoms. The van der Waals surface area contributed by atoms with E-state index in [0.29, 0.717) is 11.7 Å². The summed E-state index contributed by atoms with van der Waals surface area (Å²) in [5, 5.41) is 10.9. The van der Waals surface area contributed by atoms with Crippen molar-refractivity contribution in [3.63, 3.8) is 0 Å². The van der Waals surface area contributed by atoms with Gasteiger partial charge < -0.3 is 12.0 Å². The number of hydrogen-bond donors (Lipinski definition) is 1. The summed E-state index contributed by atoms with van der Waals surface area (Å²) in [6.45, 7) is 3.93. The summed E-state index contributed by atoms with van der Waals surface area (Å²) in [5.41, 5.74) is 4.47. The number of thioether (sulfide) groups is 1. The second-order valence-corrected chi connectivity index (χ2v) is 10.1. The van der Waals surface area contributed by atoms with Gasteiger partial charge in [0.2, 0.25) is 5.91 Å². The number of anilines is 1. The minimum Gasteiger partial charge on any atom is -0.388 e. The Labute approximate surface area is 222 Å². The first-order valence-corrected chi connectivity index (χ1v) is 12.8. The maximum Gasteiger partial charge on any atom is 0.238 e. The Morgan fingerprint density at radius 2 is 1.66 bits per heavy atom. The van der Waals surface area contributed by atoms with Gasteiger partial charge >= 0.3 is 0 Å². The Hall–Kier alpha value is -0.676. The molecular formula is C27H34NO2SY-. The molecule has 2 aromatic rings. The summed E-state index contributed by atoms with van der Waals surface area (Å²) < 4.78 is 0. The van der Waals surface area contributed by atoms with Crippen LogP contribution in [0.4, 0.5) is 5.69 Å². The maximum absolute atomic E-state index is 12.6. The van der Waals surface area contributed by atoms with Gasteiger partial charge in [-0.2, -0.15) is 6.42 Å². The van der Waals surface area contributed by atoms with Gasteiger partial charge in [0.1, 0.15) is 0 Å². The van der Waals surface area contributed by atoms with E-state index in [1.54, 1.807) is 11.8 Å². The van der Waals surface area contributed by atoms with Gasteiger partial charge in [-0.25, -0.2) is 0 Å². The van der Waals surface area contributed by atoms with Crippen LogP contribution in [-0.2, 0) is 50.3 Å². The minimum atomic E-state index is -0.405. The summed E-state index contributed by atoms with van der Waals surface area (Å²) in [5.74, 6) is 1.36. The number of aliphatic hydroxyl groups excluding tert-OH is 1. The number of hydrogen-bond acceptors (Lipinski definition) is 3. The van der Waals surface area contributed by atoms with Crippen LogP contribution in [-0.4, -0.2) is 22.1 Å². The molecule has 0 aromatic heterocycles.